The molecule has 0 unspecified atom stereocenters. The summed E-state index contributed by atoms with van der Waals surface area (Å²) in [5.74, 6) is -0.0796. The second-order valence-corrected chi connectivity index (χ2v) is 5.48. The summed E-state index contributed by atoms with van der Waals surface area (Å²) in [6, 6.07) is 5.86. The molecule has 20 heavy (non-hydrogen) atoms. The Morgan fingerprint density at radius 1 is 1.40 bits per heavy atom. The quantitative estimate of drug-likeness (QED) is 0.766. The Hall–Kier alpha value is -1.39. The van der Waals surface area contributed by atoms with E-state index in [1.165, 1.54) is 5.56 Å². The third kappa shape index (κ3) is 3.19. The molecule has 1 aromatic carbocycles. The summed E-state index contributed by atoms with van der Waals surface area (Å²) in [5, 5.41) is 16.4. The van der Waals surface area contributed by atoms with Crippen molar-refractivity contribution in [2.45, 2.75) is 45.3 Å². The van der Waals surface area contributed by atoms with Gasteiger partial charge in [0.1, 0.15) is 0 Å². The number of aliphatic hydroxyl groups is 1. The lowest BCUT2D eigenvalue weighted by Gasteiger charge is -2.26. The van der Waals surface area contributed by atoms with E-state index in [0.717, 1.165) is 30.6 Å². The molecule has 4 heteroatoms. The molecule has 1 aliphatic rings. The van der Waals surface area contributed by atoms with Gasteiger partial charge in [0, 0.05) is 18.7 Å². The van der Waals surface area contributed by atoms with E-state index in [-0.39, 0.29) is 5.91 Å². The molecule has 1 aliphatic heterocycles. The van der Waals surface area contributed by atoms with Gasteiger partial charge in [0.2, 0.25) is 0 Å². The van der Waals surface area contributed by atoms with Crippen LogP contribution in [0.15, 0.2) is 18.2 Å². The average molecular weight is 276 g/mol. The number of nitrogens with one attached hydrogen (secondary N) is 2. The topological polar surface area (TPSA) is 61.4 Å². The van der Waals surface area contributed by atoms with Crippen molar-refractivity contribution < 1.29 is 9.90 Å². The average Bonchev–Trinajstić information content (AvgIpc) is 2.51. The van der Waals surface area contributed by atoms with Crippen molar-refractivity contribution in [2.24, 2.45) is 0 Å². The Morgan fingerprint density at radius 3 is 2.85 bits per heavy atom. The number of amides is 1. The molecule has 0 fully saturated rings. The Bertz CT molecular complexity index is 481. The second kappa shape index (κ2) is 6.37. The minimum atomic E-state index is -0.800. The standard InChI is InChI=1S/C16H24N2O2/c1-3-16(20,4-2)11-18-15(19)14-7-5-6-12-10-17-9-8-13(12)14/h5-7,17,20H,3-4,8-11H2,1-2H3,(H,18,19). The number of hydrogen-bond donors (Lipinski definition) is 3. The fourth-order valence-corrected chi connectivity index (χ4v) is 2.58. The van der Waals surface area contributed by atoms with E-state index >= 15 is 0 Å². The molecule has 3 N–H and O–H groups in total. The second-order valence-electron chi connectivity index (χ2n) is 5.48. The number of rotatable bonds is 5. The Labute approximate surface area is 120 Å². The zero-order valence-corrected chi connectivity index (χ0v) is 12.3. The van der Waals surface area contributed by atoms with Gasteiger partial charge in [0.15, 0.2) is 0 Å². The fraction of sp³-hybridized carbons (Fsp3) is 0.562. The fourth-order valence-electron chi connectivity index (χ4n) is 2.58. The minimum Gasteiger partial charge on any atom is -0.388 e. The number of carbonyl (C=O) groups excluding carboxylic acids is 1. The summed E-state index contributed by atoms with van der Waals surface area (Å²) >= 11 is 0. The van der Waals surface area contributed by atoms with Crippen molar-refractivity contribution in [3.05, 3.63) is 34.9 Å². The molecule has 0 aromatic heterocycles. The van der Waals surface area contributed by atoms with Crippen molar-refractivity contribution >= 4 is 5.91 Å². The first-order valence-corrected chi connectivity index (χ1v) is 7.41. The summed E-state index contributed by atoms with van der Waals surface area (Å²) in [5.41, 5.74) is 2.29. The SMILES string of the molecule is CCC(O)(CC)CNC(=O)c1cccc2c1CCNC2. The molecular formula is C16H24N2O2. The van der Waals surface area contributed by atoms with Crippen LogP contribution < -0.4 is 10.6 Å². The van der Waals surface area contributed by atoms with Gasteiger partial charge in [-0.2, -0.15) is 0 Å². The van der Waals surface area contributed by atoms with Crippen LogP contribution in [0.25, 0.3) is 0 Å². The van der Waals surface area contributed by atoms with E-state index in [9.17, 15) is 9.90 Å². The van der Waals surface area contributed by atoms with Gasteiger partial charge in [0.05, 0.1) is 5.60 Å². The highest BCUT2D eigenvalue weighted by molar-refractivity contribution is 5.96. The van der Waals surface area contributed by atoms with Crippen molar-refractivity contribution in [1.29, 1.82) is 0 Å². The zero-order chi connectivity index (χ0) is 14.6. The Morgan fingerprint density at radius 2 is 2.15 bits per heavy atom. The van der Waals surface area contributed by atoms with E-state index in [1.807, 2.05) is 26.0 Å². The number of fused-ring (bicyclic) bond motifs is 1. The van der Waals surface area contributed by atoms with Gasteiger partial charge in [-0.15, -0.1) is 0 Å². The molecule has 2 rings (SSSR count). The molecule has 0 saturated carbocycles. The molecule has 0 saturated heterocycles. The molecule has 0 spiro atoms. The molecule has 110 valence electrons. The maximum absolute atomic E-state index is 12.4. The zero-order valence-electron chi connectivity index (χ0n) is 12.3. The number of benzene rings is 1. The smallest absolute Gasteiger partial charge is 0.251 e. The Balaban J connectivity index is 2.10. The normalized spacial score (nSPS) is 14.8. The maximum Gasteiger partial charge on any atom is 0.251 e. The van der Waals surface area contributed by atoms with E-state index in [0.29, 0.717) is 19.4 Å². The van der Waals surface area contributed by atoms with Gasteiger partial charge in [0.25, 0.3) is 5.91 Å². The van der Waals surface area contributed by atoms with Crippen molar-refractivity contribution in [1.82, 2.24) is 10.6 Å². The summed E-state index contributed by atoms with van der Waals surface area (Å²) in [4.78, 5) is 12.4. The third-order valence-electron chi connectivity index (χ3n) is 4.28. The van der Waals surface area contributed by atoms with Crippen LogP contribution in [0.5, 0.6) is 0 Å². The molecule has 1 heterocycles. The van der Waals surface area contributed by atoms with E-state index in [2.05, 4.69) is 16.7 Å². The Kier molecular flexibility index (Phi) is 4.78. The first kappa shape index (κ1) is 15.0. The molecule has 4 nitrogen and oxygen atoms in total. The summed E-state index contributed by atoms with van der Waals surface area (Å²) in [6.07, 6.45) is 2.16. The van der Waals surface area contributed by atoms with Crippen molar-refractivity contribution in [3.63, 3.8) is 0 Å². The van der Waals surface area contributed by atoms with Crippen LogP contribution in [-0.2, 0) is 13.0 Å². The first-order valence-electron chi connectivity index (χ1n) is 7.41. The molecule has 1 aromatic rings. The predicted octanol–water partition coefficient (Wildman–Crippen LogP) is 1.61. The van der Waals surface area contributed by atoms with Crippen LogP contribution in [0.3, 0.4) is 0 Å². The summed E-state index contributed by atoms with van der Waals surface area (Å²) in [6.45, 7) is 5.91. The highest BCUT2D eigenvalue weighted by Gasteiger charge is 2.24. The van der Waals surface area contributed by atoms with Gasteiger partial charge in [-0.25, -0.2) is 0 Å². The molecule has 0 bridgehead atoms. The van der Waals surface area contributed by atoms with E-state index in [1.54, 1.807) is 0 Å². The molecule has 0 radical (unpaired) electrons. The highest BCUT2D eigenvalue weighted by atomic mass is 16.3. The largest absolute Gasteiger partial charge is 0.388 e. The van der Waals surface area contributed by atoms with Gasteiger partial charge >= 0.3 is 0 Å². The molecule has 0 aliphatic carbocycles. The first-order chi connectivity index (χ1) is 9.59. The third-order valence-corrected chi connectivity index (χ3v) is 4.28. The van der Waals surface area contributed by atoms with E-state index < -0.39 is 5.60 Å². The van der Waals surface area contributed by atoms with Crippen LogP contribution in [0.1, 0.15) is 48.2 Å². The predicted molar refractivity (Wildman–Crippen MR) is 79.7 cm³/mol. The summed E-state index contributed by atoms with van der Waals surface area (Å²) < 4.78 is 0. The van der Waals surface area contributed by atoms with E-state index in [4.69, 9.17) is 0 Å². The number of carbonyl (C=O) groups is 1. The van der Waals surface area contributed by atoms with Crippen LogP contribution in [0.4, 0.5) is 0 Å². The number of hydrogen-bond acceptors (Lipinski definition) is 3. The lowest BCUT2D eigenvalue weighted by molar-refractivity contribution is 0.0314. The molecule has 0 atom stereocenters. The summed E-state index contributed by atoms with van der Waals surface area (Å²) in [7, 11) is 0. The lowest BCUT2D eigenvalue weighted by Crippen LogP contribution is -2.42. The lowest BCUT2D eigenvalue weighted by atomic mass is 9.94. The van der Waals surface area contributed by atoms with Crippen molar-refractivity contribution in [2.75, 3.05) is 13.1 Å². The minimum absolute atomic E-state index is 0.0796. The van der Waals surface area contributed by atoms with Crippen LogP contribution in [-0.4, -0.2) is 29.7 Å². The van der Waals surface area contributed by atoms with Crippen molar-refractivity contribution in [3.8, 4) is 0 Å². The van der Waals surface area contributed by atoms with Crippen LogP contribution >= 0.6 is 0 Å². The maximum atomic E-state index is 12.4. The van der Waals surface area contributed by atoms with Gasteiger partial charge in [-0.1, -0.05) is 26.0 Å². The van der Waals surface area contributed by atoms with Crippen LogP contribution in [0, 0.1) is 0 Å². The van der Waals surface area contributed by atoms with Crippen LogP contribution in [0.2, 0.25) is 0 Å². The molecular weight excluding hydrogens is 252 g/mol. The van der Waals surface area contributed by atoms with Gasteiger partial charge in [-0.3, -0.25) is 4.79 Å². The van der Waals surface area contributed by atoms with Gasteiger partial charge in [-0.05, 0) is 43.0 Å². The van der Waals surface area contributed by atoms with Gasteiger partial charge < -0.3 is 15.7 Å². The monoisotopic (exact) mass is 276 g/mol. The molecule has 1 amide bonds. The highest BCUT2D eigenvalue weighted by Crippen LogP contribution is 2.19.